The topological polar surface area (TPSA) is 43.7 Å². The van der Waals surface area contributed by atoms with Crippen LogP contribution >= 0.6 is 0 Å². The molecule has 3 heteroatoms. The molecule has 2 saturated carbocycles. The predicted octanol–water partition coefficient (Wildman–Crippen LogP) is 4.44. The van der Waals surface area contributed by atoms with Crippen molar-refractivity contribution in [1.29, 1.82) is 0 Å². The lowest BCUT2D eigenvalue weighted by Gasteiger charge is -2.58. The highest BCUT2D eigenvalue weighted by Crippen LogP contribution is 2.68. The van der Waals surface area contributed by atoms with Crippen molar-refractivity contribution in [3.05, 3.63) is 23.0 Å². The highest BCUT2D eigenvalue weighted by molar-refractivity contribution is 5.37. The minimum absolute atomic E-state index is 0.0960. The molecule has 0 unspecified atom stereocenters. The van der Waals surface area contributed by atoms with E-state index in [1.165, 1.54) is 12.0 Å². The average molecular weight is 370 g/mol. The Labute approximate surface area is 164 Å². The van der Waals surface area contributed by atoms with Crippen molar-refractivity contribution in [2.45, 2.75) is 70.8 Å². The monoisotopic (exact) mass is 369 g/mol. The van der Waals surface area contributed by atoms with Crippen LogP contribution in [0.5, 0.6) is 0 Å². The Balaban J connectivity index is 1.63. The average Bonchev–Trinajstić information content (AvgIpc) is 2.86. The lowest BCUT2D eigenvalue weighted by Crippen LogP contribution is -2.54. The molecule has 5 atom stereocenters. The maximum Gasteiger partial charge on any atom is 0.131 e. The Morgan fingerprint density at radius 1 is 1.15 bits per heavy atom. The molecule has 4 rings (SSSR count). The molecule has 148 valence electrons. The zero-order valence-corrected chi connectivity index (χ0v) is 17.4. The molecule has 0 radical (unpaired) electrons. The number of fused-ring (bicyclic) bond motifs is 4. The van der Waals surface area contributed by atoms with Crippen molar-refractivity contribution >= 4 is 0 Å². The van der Waals surface area contributed by atoms with E-state index in [0.717, 1.165) is 44.9 Å². The Kier molecular flexibility index (Phi) is 4.52. The van der Waals surface area contributed by atoms with Gasteiger partial charge in [-0.3, -0.25) is 4.90 Å². The molecular formula is C24H35NO2. The predicted molar refractivity (Wildman–Crippen MR) is 109 cm³/mol. The largest absolute Gasteiger partial charge is 0.512 e. The number of hydrogen-bond donors (Lipinski definition) is 2. The normalized spacial score (nSPS) is 43.4. The summed E-state index contributed by atoms with van der Waals surface area (Å²) < 4.78 is 0. The smallest absolute Gasteiger partial charge is 0.131 e. The van der Waals surface area contributed by atoms with Gasteiger partial charge in [0.2, 0.25) is 0 Å². The van der Waals surface area contributed by atoms with Crippen LogP contribution in [0.15, 0.2) is 23.0 Å². The number of nitrogens with zero attached hydrogens (tertiary/aromatic N) is 1. The van der Waals surface area contributed by atoms with Crippen LogP contribution < -0.4 is 0 Å². The van der Waals surface area contributed by atoms with Gasteiger partial charge in [-0.1, -0.05) is 36.8 Å². The third kappa shape index (κ3) is 2.79. The zero-order chi connectivity index (χ0) is 19.4. The molecule has 0 aromatic carbocycles. The molecule has 0 heterocycles. The first-order valence-electron chi connectivity index (χ1n) is 10.7. The van der Waals surface area contributed by atoms with Gasteiger partial charge in [0.05, 0.1) is 12.3 Å². The van der Waals surface area contributed by atoms with Crippen molar-refractivity contribution in [3.8, 4) is 11.8 Å². The summed E-state index contributed by atoms with van der Waals surface area (Å²) in [5.41, 5.74) is 2.40. The molecule has 0 aromatic heterocycles. The number of rotatable bonds is 1. The summed E-state index contributed by atoms with van der Waals surface area (Å²) in [5, 5.41) is 21.5. The molecule has 2 fully saturated rings. The van der Waals surface area contributed by atoms with Gasteiger partial charge >= 0.3 is 0 Å². The van der Waals surface area contributed by atoms with Crippen molar-refractivity contribution < 1.29 is 10.2 Å². The number of hydrogen-bond acceptors (Lipinski definition) is 3. The van der Waals surface area contributed by atoms with Crippen LogP contribution in [-0.2, 0) is 0 Å². The van der Waals surface area contributed by atoms with Crippen LogP contribution in [0.4, 0.5) is 0 Å². The summed E-state index contributed by atoms with van der Waals surface area (Å²) in [6, 6.07) is 0. The van der Waals surface area contributed by atoms with Gasteiger partial charge in [-0.2, -0.15) is 0 Å². The molecular weight excluding hydrogens is 334 g/mol. The van der Waals surface area contributed by atoms with E-state index in [-0.39, 0.29) is 10.8 Å². The summed E-state index contributed by atoms with van der Waals surface area (Å²) >= 11 is 0. The highest BCUT2D eigenvalue weighted by atomic mass is 16.3. The van der Waals surface area contributed by atoms with Gasteiger partial charge in [-0.05, 0) is 82.4 Å². The van der Waals surface area contributed by atoms with Gasteiger partial charge in [0.15, 0.2) is 0 Å². The zero-order valence-electron chi connectivity index (χ0n) is 17.4. The maximum atomic E-state index is 11.6. The fourth-order valence-electron chi connectivity index (χ4n) is 6.87. The summed E-state index contributed by atoms with van der Waals surface area (Å²) in [6.45, 7) is 5.48. The second kappa shape index (κ2) is 6.39. The minimum atomic E-state index is -0.839. The van der Waals surface area contributed by atoms with Crippen molar-refractivity contribution in [3.63, 3.8) is 0 Å². The van der Waals surface area contributed by atoms with Gasteiger partial charge in [0, 0.05) is 11.8 Å². The first-order chi connectivity index (χ1) is 12.7. The first-order valence-corrected chi connectivity index (χ1v) is 10.7. The van der Waals surface area contributed by atoms with Crippen molar-refractivity contribution in [2.75, 3.05) is 20.6 Å². The lowest BCUT2D eigenvalue weighted by molar-refractivity contribution is -0.0923. The fourth-order valence-corrected chi connectivity index (χ4v) is 6.87. The first kappa shape index (κ1) is 19.1. The standard InChI is InChI=1S/C24H35NO2/c1-22-13-14-23(2)21(10-12-24(23,27)11-5-15-25(3)4)20(22)8-6-17-16-18(26)7-9-19(17)22/h7,20-21,26-27H,6,8-10,12-16H2,1-4H3/t20-,21-,22+,23-,24-/m0/s1. The Morgan fingerprint density at radius 3 is 2.67 bits per heavy atom. The SMILES string of the molecule is CN(C)CC#C[C@]1(O)CC[C@H]2[C@@H]3CCC4=C(CC=C(O)C4)[C@@]3(C)CC[C@@]21C. The molecule has 0 spiro atoms. The van der Waals surface area contributed by atoms with Crippen LogP contribution in [0.3, 0.4) is 0 Å². The Hall–Kier alpha value is -1.24. The van der Waals surface area contributed by atoms with Crippen LogP contribution in [0.25, 0.3) is 0 Å². The quantitative estimate of drug-likeness (QED) is 0.530. The van der Waals surface area contributed by atoms with E-state index in [1.807, 2.05) is 20.2 Å². The molecule has 0 aromatic rings. The minimum Gasteiger partial charge on any atom is -0.512 e. The van der Waals surface area contributed by atoms with Gasteiger partial charge in [-0.15, -0.1) is 0 Å². The van der Waals surface area contributed by atoms with Gasteiger partial charge < -0.3 is 10.2 Å². The molecule has 0 aliphatic heterocycles. The summed E-state index contributed by atoms with van der Waals surface area (Å²) in [7, 11) is 4.04. The Bertz CT molecular complexity index is 754. The second-order valence-electron chi connectivity index (χ2n) is 10.2. The van der Waals surface area contributed by atoms with Crippen LogP contribution in [0.2, 0.25) is 0 Å². The molecule has 3 nitrogen and oxygen atoms in total. The van der Waals surface area contributed by atoms with E-state index in [9.17, 15) is 10.2 Å². The van der Waals surface area contributed by atoms with Gasteiger partial charge in [-0.25, -0.2) is 0 Å². The lowest BCUT2D eigenvalue weighted by atomic mass is 9.47. The fraction of sp³-hybridized carbons (Fsp3) is 0.750. The molecule has 4 aliphatic carbocycles. The van der Waals surface area contributed by atoms with Crippen molar-refractivity contribution in [2.24, 2.45) is 22.7 Å². The van der Waals surface area contributed by atoms with E-state index in [0.29, 0.717) is 24.1 Å². The van der Waals surface area contributed by atoms with E-state index < -0.39 is 5.60 Å². The van der Waals surface area contributed by atoms with E-state index >= 15 is 0 Å². The van der Waals surface area contributed by atoms with Gasteiger partial charge in [0.25, 0.3) is 0 Å². The van der Waals surface area contributed by atoms with Crippen LogP contribution in [-0.4, -0.2) is 41.4 Å². The van der Waals surface area contributed by atoms with Crippen LogP contribution in [0, 0.1) is 34.5 Å². The number of allylic oxidation sites excluding steroid dienone is 3. The molecule has 0 saturated heterocycles. The Morgan fingerprint density at radius 2 is 1.93 bits per heavy atom. The summed E-state index contributed by atoms with van der Waals surface area (Å²) in [6.07, 6.45) is 10.1. The third-order valence-corrected chi connectivity index (χ3v) is 8.55. The molecule has 0 amide bonds. The van der Waals surface area contributed by atoms with Gasteiger partial charge in [0.1, 0.15) is 5.60 Å². The third-order valence-electron chi connectivity index (χ3n) is 8.55. The number of aliphatic hydroxyl groups excluding tert-OH is 1. The van der Waals surface area contributed by atoms with E-state index in [4.69, 9.17) is 0 Å². The van der Waals surface area contributed by atoms with Crippen molar-refractivity contribution in [1.82, 2.24) is 4.90 Å². The number of aliphatic hydroxyl groups is 2. The molecule has 0 bridgehead atoms. The molecule has 4 aliphatic rings. The van der Waals surface area contributed by atoms with E-state index in [2.05, 4.69) is 30.6 Å². The highest BCUT2D eigenvalue weighted by Gasteiger charge is 2.64. The summed E-state index contributed by atoms with van der Waals surface area (Å²) in [4.78, 5) is 2.06. The van der Waals surface area contributed by atoms with E-state index in [1.54, 1.807) is 5.57 Å². The maximum absolute atomic E-state index is 11.6. The summed E-state index contributed by atoms with van der Waals surface area (Å²) in [5.74, 6) is 8.28. The molecule has 2 N–H and O–H groups in total. The van der Waals surface area contributed by atoms with Crippen LogP contribution in [0.1, 0.15) is 65.2 Å². The molecule has 27 heavy (non-hydrogen) atoms. The second-order valence-corrected chi connectivity index (χ2v) is 10.2.